The van der Waals surface area contributed by atoms with Gasteiger partial charge in [0, 0.05) is 7.11 Å². The molecular weight excluding hydrogens is 300 g/mol. The fraction of sp³-hybridized carbons (Fsp3) is 0.692. The number of carbonyl (C=O) groups is 4. The molecule has 0 aliphatic carbocycles. The first-order valence-corrected chi connectivity index (χ1v) is 6.45. The van der Waals surface area contributed by atoms with Crippen LogP contribution in [0.2, 0.25) is 0 Å². The maximum absolute atomic E-state index is 11.8. The van der Waals surface area contributed by atoms with Gasteiger partial charge in [-0.1, -0.05) is 13.8 Å². The number of carboxylic acid groups (broad SMARTS) is 3. The van der Waals surface area contributed by atoms with Crippen molar-refractivity contribution < 1.29 is 44.0 Å². The molecule has 0 rings (SSSR count). The number of esters is 1. The number of methoxy groups -OCH3 is 2. The minimum Gasteiger partial charge on any atom is -0.481 e. The summed E-state index contributed by atoms with van der Waals surface area (Å²) in [6.45, 7) is 2.76. The highest BCUT2D eigenvalue weighted by molar-refractivity contribution is 6.04. The van der Waals surface area contributed by atoms with Crippen molar-refractivity contribution in [2.24, 2.45) is 11.3 Å². The first-order chi connectivity index (χ1) is 10.1. The molecule has 2 atom stereocenters. The Morgan fingerprint density at radius 2 is 1.41 bits per heavy atom. The standard InChI is InChI=1S/C13H20O9/c1-5-12(6-2,10(17)18)13(22-4,11(19)20)7(8(14)15)9(16)21-3/h7H,5-6H2,1-4H3,(H,14,15)(H,17,18)(H,19,20). The van der Waals surface area contributed by atoms with Gasteiger partial charge in [-0.05, 0) is 12.8 Å². The van der Waals surface area contributed by atoms with E-state index >= 15 is 0 Å². The van der Waals surface area contributed by atoms with Crippen molar-refractivity contribution in [3.8, 4) is 0 Å². The summed E-state index contributed by atoms with van der Waals surface area (Å²) in [7, 11) is 1.73. The molecule has 3 N–H and O–H groups in total. The lowest BCUT2D eigenvalue weighted by molar-refractivity contribution is -0.216. The molecule has 0 spiro atoms. The summed E-state index contributed by atoms with van der Waals surface area (Å²) < 4.78 is 9.23. The lowest BCUT2D eigenvalue weighted by Gasteiger charge is -2.44. The second-order valence-electron chi connectivity index (χ2n) is 4.63. The van der Waals surface area contributed by atoms with E-state index in [9.17, 15) is 34.5 Å². The number of aliphatic carboxylic acids is 3. The van der Waals surface area contributed by atoms with Crippen LogP contribution in [-0.2, 0) is 28.7 Å². The smallest absolute Gasteiger partial charge is 0.338 e. The summed E-state index contributed by atoms with van der Waals surface area (Å²) in [4.78, 5) is 46.9. The quantitative estimate of drug-likeness (QED) is 0.400. The summed E-state index contributed by atoms with van der Waals surface area (Å²) in [6, 6.07) is 0. The van der Waals surface area contributed by atoms with Gasteiger partial charge in [0.05, 0.1) is 7.11 Å². The average Bonchev–Trinajstić information content (AvgIpc) is 2.45. The molecule has 126 valence electrons. The Labute approximate surface area is 126 Å². The zero-order valence-electron chi connectivity index (χ0n) is 12.8. The highest BCUT2D eigenvalue weighted by Gasteiger charge is 2.69. The maximum Gasteiger partial charge on any atom is 0.338 e. The first kappa shape index (κ1) is 19.8. The number of hydrogen-bond acceptors (Lipinski definition) is 6. The van der Waals surface area contributed by atoms with Crippen LogP contribution in [0.15, 0.2) is 0 Å². The van der Waals surface area contributed by atoms with Gasteiger partial charge in [-0.3, -0.25) is 14.4 Å². The van der Waals surface area contributed by atoms with Gasteiger partial charge in [-0.15, -0.1) is 0 Å². The molecule has 0 bridgehead atoms. The molecular formula is C13H20O9. The van der Waals surface area contributed by atoms with E-state index in [4.69, 9.17) is 4.74 Å². The van der Waals surface area contributed by atoms with Crippen LogP contribution >= 0.6 is 0 Å². The van der Waals surface area contributed by atoms with Gasteiger partial charge in [-0.2, -0.15) is 0 Å². The van der Waals surface area contributed by atoms with E-state index in [1.807, 2.05) is 0 Å². The number of carboxylic acids is 3. The van der Waals surface area contributed by atoms with Crippen molar-refractivity contribution in [1.29, 1.82) is 0 Å². The monoisotopic (exact) mass is 320 g/mol. The van der Waals surface area contributed by atoms with Crippen LogP contribution in [0.4, 0.5) is 0 Å². The summed E-state index contributed by atoms with van der Waals surface area (Å²) in [5.74, 6) is -9.01. The summed E-state index contributed by atoms with van der Waals surface area (Å²) in [5.41, 5.74) is -4.95. The Morgan fingerprint density at radius 3 is 1.59 bits per heavy atom. The Morgan fingerprint density at radius 1 is 0.955 bits per heavy atom. The second kappa shape index (κ2) is 7.21. The average molecular weight is 320 g/mol. The number of rotatable bonds is 9. The molecule has 0 aromatic carbocycles. The highest BCUT2D eigenvalue weighted by Crippen LogP contribution is 2.46. The van der Waals surface area contributed by atoms with Crippen molar-refractivity contribution in [1.82, 2.24) is 0 Å². The van der Waals surface area contributed by atoms with E-state index in [1.54, 1.807) is 0 Å². The normalized spacial score (nSPS) is 15.5. The van der Waals surface area contributed by atoms with E-state index in [-0.39, 0.29) is 12.8 Å². The van der Waals surface area contributed by atoms with Crippen LogP contribution in [-0.4, -0.2) is 59.0 Å². The van der Waals surface area contributed by atoms with Crippen molar-refractivity contribution in [3.05, 3.63) is 0 Å². The predicted molar refractivity (Wildman–Crippen MR) is 71.2 cm³/mol. The first-order valence-electron chi connectivity index (χ1n) is 6.45. The lowest BCUT2D eigenvalue weighted by atomic mass is 9.62. The van der Waals surface area contributed by atoms with Crippen LogP contribution in [0.5, 0.6) is 0 Å². The van der Waals surface area contributed by atoms with Crippen molar-refractivity contribution in [2.75, 3.05) is 14.2 Å². The van der Waals surface area contributed by atoms with Crippen LogP contribution in [0.25, 0.3) is 0 Å². The van der Waals surface area contributed by atoms with E-state index in [1.165, 1.54) is 13.8 Å². The van der Waals surface area contributed by atoms with Gasteiger partial charge >= 0.3 is 23.9 Å². The molecule has 0 aromatic heterocycles. The third-order valence-corrected chi connectivity index (χ3v) is 4.06. The van der Waals surface area contributed by atoms with Crippen molar-refractivity contribution >= 4 is 23.9 Å². The van der Waals surface area contributed by atoms with Crippen molar-refractivity contribution in [3.63, 3.8) is 0 Å². The summed E-state index contributed by atoms with van der Waals surface area (Å²) in [6.07, 6.45) is -0.528. The molecule has 0 heterocycles. The van der Waals surface area contributed by atoms with Crippen LogP contribution in [0, 0.1) is 11.3 Å². The van der Waals surface area contributed by atoms with Gasteiger partial charge in [0.15, 0.2) is 5.92 Å². The molecule has 22 heavy (non-hydrogen) atoms. The van der Waals surface area contributed by atoms with Gasteiger partial charge in [0.1, 0.15) is 5.41 Å². The highest BCUT2D eigenvalue weighted by atomic mass is 16.5. The number of hydrogen-bond donors (Lipinski definition) is 3. The molecule has 0 aromatic rings. The Hall–Kier alpha value is -2.16. The summed E-state index contributed by atoms with van der Waals surface area (Å²) in [5, 5.41) is 28.4. The lowest BCUT2D eigenvalue weighted by Crippen LogP contribution is -2.66. The number of carbonyl (C=O) groups excluding carboxylic acids is 1. The fourth-order valence-electron chi connectivity index (χ4n) is 2.80. The van der Waals surface area contributed by atoms with Gasteiger partial charge in [0.2, 0.25) is 5.60 Å². The Kier molecular flexibility index (Phi) is 6.50. The van der Waals surface area contributed by atoms with E-state index in [2.05, 4.69) is 4.74 Å². The zero-order chi connectivity index (χ0) is 17.7. The SMILES string of the molecule is CCC(CC)(C(=O)O)C(OC)(C(=O)O)C(C(=O)O)C(=O)OC. The van der Waals surface area contributed by atoms with Crippen LogP contribution < -0.4 is 0 Å². The minimum absolute atomic E-state index is 0.264. The van der Waals surface area contributed by atoms with Gasteiger partial charge in [0.25, 0.3) is 0 Å². The summed E-state index contributed by atoms with van der Waals surface area (Å²) >= 11 is 0. The maximum atomic E-state index is 11.8. The third kappa shape index (κ3) is 2.63. The van der Waals surface area contributed by atoms with Gasteiger partial charge in [-0.25, -0.2) is 4.79 Å². The number of ether oxygens (including phenoxy) is 2. The van der Waals surface area contributed by atoms with Crippen LogP contribution in [0.3, 0.4) is 0 Å². The second-order valence-corrected chi connectivity index (χ2v) is 4.63. The molecule has 0 radical (unpaired) electrons. The third-order valence-electron chi connectivity index (χ3n) is 4.06. The Bertz CT molecular complexity index is 466. The largest absolute Gasteiger partial charge is 0.481 e. The van der Waals surface area contributed by atoms with Gasteiger partial charge < -0.3 is 24.8 Å². The topological polar surface area (TPSA) is 147 Å². The molecule has 2 unspecified atom stereocenters. The van der Waals surface area contributed by atoms with Crippen molar-refractivity contribution in [2.45, 2.75) is 32.3 Å². The predicted octanol–water partition coefficient (Wildman–Crippen LogP) is 0.221. The minimum atomic E-state index is -2.82. The molecule has 0 aliphatic heterocycles. The Balaban J connectivity index is 6.75. The molecule has 0 saturated carbocycles. The molecule has 0 aliphatic rings. The molecule has 9 heteroatoms. The zero-order valence-corrected chi connectivity index (χ0v) is 12.8. The van der Waals surface area contributed by atoms with Crippen LogP contribution in [0.1, 0.15) is 26.7 Å². The molecule has 0 saturated heterocycles. The van der Waals surface area contributed by atoms with E-state index in [0.717, 1.165) is 14.2 Å². The molecule has 9 nitrogen and oxygen atoms in total. The fourth-order valence-corrected chi connectivity index (χ4v) is 2.80. The van der Waals surface area contributed by atoms with E-state index in [0.29, 0.717) is 0 Å². The molecule has 0 amide bonds. The molecule has 0 fully saturated rings. The van der Waals surface area contributed by atoms with E-state index < -0.39 is 40.8 Å².